The molecule has 0 bridgehead atoms. The first-order chi connectivity index (χ1) is 8.34. The second-order valence-electron chi connectivity index (χ2n) is 3.58. The Morgan fingerprint density at radius 3 is 2.72 bits per heavy atom. The third-order valence-corrected chi connectivity index (χ3v) is 2.40. The van der Waals surface area contributed by atoms with Gasteiger partial charge in [0.1, 0.15) is 6.04 Å². The molecule has 8 heteroatoms. The zero-order valence-corrected chi connectivity index (χ0v) is 8.78. The summed E-state index contributed by atoms with van der Waals surface area (Å²) in [5, 5.41) is 2.10. The maximum Gasteiger partial charge on any atom is 0.433 e. The molecule has 1 aliphatic heterocycles. The van der Waals surface area contributed by atoms with Gasteiger partial charge in [0.25, 0.3) is 11.5 Å². The number of alkyl halides is 3. The minimum Gasteiger partial charge on any atom is -0.294 e. The highest BCUT2D eigenvalue weighted by molar-refractivity contribution is 5.96. The standard InChI is InChI=1S/C10H6F3N3O2/c1-2-3-5-8(18)15-9-14-6(10(11,12)13)4-7(17)16(5)9/h1,4-5H,3H2,(H,14,15,18). The van der Waals surface area contributed by atoms with Gasteiger partial charge < -0.3 is 0 Å². The molecule has 1 aromatic heterocycles. The van der Waals surface area contributed by atoms with E-state index in [1.807, 2.05) is 0 Å². The zero-order chi connectivity index (χ0) is 13.5. The average Bonchev–Trinajstić information content (AvgIpc) is 2.55. The Morgan fingerprint density at radius 2 is 2.17 bits per heavy atom. The fourth-order valence-corrected chi connectivity index (χ4v) is 1.63. The number of halogens is 3. The molecule has 0 aliphatic carbocycles. The molecule has 1 aromatic rings. The summed E-state index contributed by atoms with van der Waals surface area (Å²) in [6.07, 6.45) is 0.193. The normalized spacial score (nSPS) is 18.1. The number of carbonyl (C=O) groups is 1. The van der Waals surface area contributed by atoms with Crippen LogP contribution in [0.2, 0.25) is 0 Å². The molecular formula is C10H6F3N3O2. The van der Waals surface area contributed by atoms with Gasteiger partial charge in [-0.25, -0.2) is 4.98 Å². The highest BCUT2D eigenvalue weighted by Gasteiger charge is 2.38. The van der Waals surface area contributed by atoms with Crippen LogP contribution in [0.4, 0.5) is 19.1 Å². The quantitative estimate of drug-likeness (QED) is 0.756. The van der Waals surface area contributed by atoms with Crippen molar-refractivity contribution in [3.8, 4) is 12.3 Å². The molecular weight excluding hydrogens is 251 g/mol. The van der Waals surface area contributed by atoms with E-state index >= 15 is 0 Å². The number of aromatic nitrogens is 2. The van der Waals surface area contributed by atoms with E-state index in [0.29, 0.717) is 6.07 Å². The van der Waals surface area contributed by atoms with E-state index < -0.39 is 35.3 Å². The second kappa shape index (κ2) is 3.87. The fourth-order valence-electron chi connectivity index (χ4n) is 1.63. The third kappa shape index (κ3) is 1.84. The lowest BCUT2D eigenvalue weighted by Gasteiger charge is -2.09. The van der Waals surface area contributed by atoms with E-state index in [-0.39, 0.29) is 6.42 Å². The number of rotatable bonds is 1. The van der Waals surface area contributed by atoms with Gasteiger partial charge in [0.2, 0.25) is 5.95 Å². The molecule has 0 saturated carbocycles. The van der Waals surface area contributed by atoms with Crippen LogP contribution >= 0.6 is 0 Å². The molecule has 1 aliphatic rings. The number of amides is 1. The summed E-state index contributed by atoms with van der Waals surface area (Å²) < 4.78 is 38.1. The zero-order valence-electron chi connectivity index (χ0n) is 8.78. The summed E-state index contributed by atoms with van der Waals surface area (Å²) in [4.78, 5) is 26.2. The Balaban J connectivity index is 2.58. The second-order valence-corrected chi connectivity index (χ2v) is 3.58. The van der Waals surface area contributed by atoms with Crippen LogP contribution in [-0.2, 0) is 11.0 Å². The first-order valence-corrected chi connectivity index (χ1v) is 4.79. The molecule has 1 N–H and O–H groups in total. The Bertz CT molecular complexity index is 612. The smallest absolute Gasteiger partial charge is 0.294 e. The minimum atomic E-state index is -4.75. The van der Waals surface area contributed by atoms with Crippen LogP contribution in [0.15, 0.2) is 10.9 Å². The number of nitrogens with one attached hydrogen (secondary N) is 1. The first-order valence-electron chi connectivity index (χ1n) is 4.79. The van der Waals surface area contributed by atoms with Gasteiger partial charge in [-0.2, -0.15) is 13.2 Å². The predicted molar refractivity (Wildman–Crippen MR) is 54.6 cm³/mol. The van der Waals surface area contributed by atoms with Gasteiger partial charge in [0.15, 0.2) is 5.69 Å². The van der Waals surface area contributed by atoms with Gasteiger partial charge in [-0.05, 0) is 0 Å². The van der Waals surface area contributed by atoms with Gasteiger partial charge in [0, 0.05) is 12.5 Å². The number of hydrogen-bond acceptors (Lipinski definition) is 3. The maximum absolute atomic E-state index is 12.4. The minimum absolute atomic E-state index is 0.0915. The van der Waals surface area contributed by atoms with E-state index in [2.05, 4.69) is 16.2 Å². The molecule has 94 valence electrons. The van der Waals surface area contributed by atoms with Crippen LogP contribution in [-0.4, -0.2) is 15.5 Å². The fraction of sp³-hybridized carbons (Fsp3) is 0.300. The van der Waals surface area contributed by atoms with Crippen molar-refractivity contribution in [2.75, 3.05) is 5.32 Å². The SMILES string of the molecule is C#CCC1C(=O)Nc2nc(C(F)(F)F)cc(=O)n21. The lowest BCUT2D eigenvalue weighted by Crippen LogP contribution is -2.26. The van der Waals surface area contributed by atoms with Crippen molar-refractivity contribution in [2.45, 2.75) is 18.6 Å². The molecule has 0 aromatic carbocycles. The Hall–Kier alpha value is -2.30. The molecule has 0 radical (unpaired) electrons. The summed E-state index contributed by atoms with van der Waals surface area (Å²) in [5.41, 5.74) is -2.31. The van der Waals surface area contributed by atoms with Crippen LogP contribution in [0.25, 0.3) is 0 Å². The number of nitrogens with zero attached hydrogens (tertiary/aromatic N) is 2. The molecule has 0 fully saturated rings. The van der Waals surface area contributed by atoms with Gasteiger partial charge in [-0.15, -0.1) is 12.3 Å². The van der Waals surface area contributed by atoms with Crippen LogP contribution < -0.4 is 10.9 Å². The number of fused-ring (bicyclic) bond motifs is 1. The molecule has 2 rings (SSSR count). The molecule has 0 saturated heterocycles. The first kappa shape index (κ1) is 12.2. The topological polar surface area (TPSA) is 64.0 Å². The summed E-state index contributed by atoms with van der Waals surface area (Å²) >= 11 is 0. The Kier molecular flexibility index (Phi) is 2.62. The molecule has 2 heterocycles. The summed E-state index contributed by atoms with van der Waals surface area (Å²) in [6, 6.07) is -0.667. The monoisotopic (exact) mass is 257 g/mol. The van der Waals surface area contributed by atoms with Crippen molar-refractivity contribution >= 4 is 11.9 Å². The number of hydrogen-bond donors (Lipinski definition) is 1. The van der Waals surface area contributed by atoms with Crippen molar-refractivity contribution in [2.24, 2.45) is 0 Å². The van der Waals surface area contributed by atoms with Crippen molar-refractivity contribution in [3.05, 3.63) is 22.1 Å². The molecule has 18 heavy (non-hydrogen) atoms. The van der Waals surface area contributed by atoms with Crippen LogP contribution in [0.1, 0.15) is 18.2 Å². The van der Waals surface area contributed by atoms with E-state index in [4.69, 9.17) is 6.42 Å². The molecule has 1 amide bonds. The summed E-state index contributed by atoms with van der Waals surface area (Å²) in [6.45, 7) is 0. The molecule has 0 spiro atoms. The summed E-state index contributed by atoms with van der Waals surface area (Å²) in [7, 11) is 0. The highest BCUT2D eigenvalue weighted by atomic mass is 19.4. The van der Waals surface area contributed by atoms with Gasteiger partial charge in [0.05, 0.1) is 0 Å². The van der Waals surface area contributed by atoms with Crippen molar-refractivity contribution < 1.29 is 18.0 Å². The molecule has 5 nitrogen and oxygen atoms in total. The number of terminal acetylenes is 1. The van der Waals surface area contributed by atoms with Crippen molar-refractivity contribution in [1.82, 2.24) is 9.55 Å². The lowest BCUT2D eigenvalue weighted by molar-refractivity contribution is -0.141. The van der Waals surface area contributed by atoms with Gasteiger partial charge >= 0.3 is 6.18 Å². The third-order valence-electron chi connectivity index (χ3n) is 2.40. The Morgan fingerprint density at radius 1 is 1.50 bits per heavy atom. The van der Waals surface area contributed by atoms with Crippen LogP contribution in [0.5, 0.6) is 0 Å². The largest absolute Gasteiger partial charge is 0.433 e. The van der Waals surface area contributed by atoms with E-state index in [1.54, 1.807) is 0 Å². The van der Waals surface area contributed by atoms with E-state index in [9.17, 15) is 22.8 Å². The average molecular weight is 257 g/mol. The Labute approximate surface area is 98.6 Å². The van der Waals surface area contributed by atoms with Gasteiger partial charge in [-0.1, -0.05) is 0 Å². The lowest BCUT2D eigenvalue weighted by atomic mass is 10.2. The maximum atomic E-state index is 12.4. The van der Waals surface area contributed by atoms with Crippen molar-refractivity contribution in [1.29, 1.82) is 0 Å². The summed E-state index contributed by atoms with van der Waals surface area (Å²) in [5.74, 6) is 1.11. The van der Waals surface area contributed by atoms with Crippen LogP contribution in [0, 0.1) is 12.3 Å². The van der Waals surface area contributed by atoms with Gasteiger partial charge in [-0.3, -0.25) is 19.5 Å². The molecule has 1 unspecified atom stereocenters. The van der Waals surface area contributed by atoms with Crippen LogP contribution in [0.3, 0.4) is 0 Å². The van der Waals surface area contributed by atoms with E-state index in [1.165, 1.54) is 0 Å². The van der Waals surface area contributed by atoms with E-state index in [0.717, 1.165) is 4.57 Å². The molecule has 1 atom stereocenters. The van der Waals surface area contributed by atoms with Crippen molar-refractivity contribution in [3.63, 3.8) is 0 Å². The predicted octanol–water partition coefficient (Wildman–Crippen LogP) is 0.779. The number of carbonyl (C=O) groups excluding carboxylic acids is 1. The number of anilines is 1. The highest BCUT2D eigenvalue weighted by Crippen LogP contribution is 2.30.